The molecule has 0 saturated carbocycles. The molecule has 1 atom stereocenters. The standard InChI is InChI=1S/C19H18N2O3/c20-12-14-3-9-17(10-4-14)24-13-19(23)21-11-1-2-18(21)15-5-7-16(22)8-6-15/h3-10,18,22H,1-2,11,13H2. The SMILES string of the molecule is N#Cc1ccc(OCC(=O)N2CCCC2c2ccc(O)cc2)cc1. The fourth-order valence-electron chi connectivity index (χ4n) is 2.96. The number of likely N-dealkylation sites (tertiary alicyclic amines) is 1. The molecule has 1 aliphatic rings. The summed E-state index contributed by atoms with van der Waals surface area (Å²) in [7, 11) is 0. The van der Waals surface area contributed by atoms with E-state index in [0.717, 1.165) is 18.4 Å². The summed E-state index contributed by atoms with van der Waals surface area (Å²) in [5.74, 6) is 0.733. The lowest BCUT2D eigenvalue weighted by atomic mass is 10.0. The van der Waals surface area contributed by atoms with E-state index in [4.69, 9.17) is 10.00 Å². The zero-order chi connectivity index (χ0) is 16.9. The summed E-state index contributed by atoms with van der Waals surface area (Å²) in [5, 5.41) is 18.2. The Kier molecular flexibility index (Phi) is 4.66. The van der Waals surface area contributed by atoms with E-state index in [9.17, 15) is 9.90 Å². The highest BCUT2D eigenvalue weighted by atomic mass is 16.5. The largest absolute Gasteiger partial charge is 0.508 e. The number of benzene rings is 2. The lowest BCUT2D eigenvalue weighted by molar-refractivity contribution is -0.134. The molecule has 1 N–H and O–H groups in total. The summed E-state index contributed by atoms with van der Waals surface area (Å²) in [6, 6.07) is 15.8. The highest BCUT2D eigenvalue weighted by molar-refractivity contribution is 5.78. The predicted molar refractivity (Wildman–Crippen MR) is 88.4 cm³/mol. The maximum atomic E-state index is 12.5. The summed E-state index contributed by atoms with van der Waals surface area (Å²) in [5.41, 5.74) is 1.58. The zero-order valence-electron chi connectivity index (χ0n) is 13.2. The van der Waals surface area contributed by atoms with Gasteiger partial charge in [0.2, 0.25) is 0 Å². The van der Waals surface area contributed by atoms with Crippen molar-refractivity contribution >= 4 is 5.91 Å². The van der Waals surface area contributed by atoms with Gasteiger partial charge in [0.15, 0.2) is 6.61 Å². The number of ether oxygens (including phenoxy) is 1. The van der Waals surface area contributed by atoms with Crippen LogP contribution in [0, 0.1) is 11.3 Å². The quantitative estimate of drug-likeness (QED) is 0.939. The maximum Gasteiger partial charge on any atom is 0.261 e. The van der Waals surface area contributed by atoms with Crippen LogP contribution in [0.15, 0.2) is 48.5 Å². The van der Waals surface area contributed by atoms with E-state index in [2.05, 4.69) is 0 Å². The molecule has 1 aliphatic heterocycles. The minimum atomic E-state index is -0.0602. The molecule has 0 aliphatic carbocycles. The van der Waals surface area contributed by atoms with Crippen molar-refractivity contribution in [1.82, 2.24) is 4.90 Å². The Bertz CT molecular complexity index is 748. The highest BCUT2D eigenvalue weighted by Crippen LogP contribution is 2.32. The van der Waals surface area contributed by atoms with Gasteiger partial charge in [-0.3, -0.25) is 4.79 Å². The van der Waals surface area contributed by atoms with Crippen molar-refractivity contribution in [3.8, 4) is 17.6 Å². The Morgan fingerprint density at radius 3 is 2.58 bits per heavy atom. The number of amides is 1. The summed E-state index contributed by atoms with van der Waals surface area (Å²) in [6.45, 7) is 0.682. The molecule has 0 radical (unpaired) electrons. The average molecular weight is 322 g/mol. The summed E-state index contributed by atoms with van der Waals surface area (Å²) in [6.07, 6.45) is 1.86. The van der Waals surface area contributed by atoms with E-state index in [-0.39, 0.29) is 24.3 Å². The van der Waals surface area contributed by atoms with Gasteiger partial charge in [0.05, 0.1) is 17.7 Å². The maximum absolute atomic E-state index is 12.5. The first-order valence-corrected chi connectivity index (χ1v) is 7.89. The minimum absolute atomic E-state index is 0.0273. The van der Waals surface area contributed by atoms with Crippen LogP contribution in [0.5, 0.6) is 11.5 Å². The van der Waals surface area contributed by atoms with E-state index in [1.165, 1.54) is 0 Å². The van der Waals surface area contributed by atoms with Crippen molar-refractivity contribution in [3.05, 3.63) is 59.7 Å². The Morgan fingerprint density at radius 2 is 1.92 bits per heavy atom. The molecule has 5 nitrogen and oxygen atoms in total. The monoisotopic (exact) mass is 322 g/mol. The Hall–Kier alpha value is -3.00. The second kappa shape index (κ2) is 7.05. The molecule has 1 unspecified atom stereocenters. The Morgan fingerprint density at radius 1 is 1.21 bits per heavy atom. The molecule has 1 amide bonds. The third kappa shape index (κ3) is 3.49. The molecular formula is C19H18N2O3. The topological polar surface area (TPSA) is 73.6 Å². The number of hydrogen-bond donors (Lipinski definition) is 1. The van der Waals surface area contributed by atoms with Gasteiger partial charge in [0.1, 0.15) is 11.5 Å². The van der Waals surface area contributed by atoms with Gasteiger partial charge >= 0.3 is 0 Å². The number of nitrogens with zero attached hydrogens (tertiary/aromatic N) is 2. The molecule has 2 aromatic carbocycles. The molecule has 0 aromatic heterocycles. The molecule has 0 bridgehead atoms. The number of carbonyl (C=O) groups excluding carboxylic acids is 1. The van der Waals surface area contributed by atoms with Crippen LogP contribution >= 0.6 is 0 Å². The fraction of sp³-hybridized carbons (Fsp3) is 0.263. The van der Waals surface area contributed by atoms with Gasteiger partial charge in [-0.1, -0.05) is 12.1 Å². The van der Waals surface area contributed by atoms with Gasteiger partial charge in [-0.2, -0.15) is 5.26 Å². The second-order valence-electron chi connectivity index (χ2n) is 5.76. The molecule has 1 heterocycles. The van der Waals surface area contributed by atoms with Crippen molar-refractivity contribution in [1.29, 1.82) is 5.26 Å². The molecule has 3 rings (SSSR count). The average Bonchev–Trinajstić information content (AvgIpc) is 3.10. The molecule has 24 heavy (non-hydrogen) atoms. The van der Waals surface area contributed by atoms with Crippen LogP contribution in [0.1, 0.15) is 30.0 Å². The van der Waals surface area contributed by atoms with E-state index in [1.807, 2.05) is 23.1 Å². The number of aromatic hydroxyl groups is 1. The van der Waals surface area contributed by atoms with E-state index >= 15 is 0 Å². The van der Waals surface area contributed by atoms with E-state index < -0.39 is 0 Å². The molecule has 5 heteroatoms. The fourth-order valence-corrected chi connectivity index (χ4v) is 2.96. The zero-order valence-corrected chi connectivity index (χ0v) is 13.2. The van der Waals surface area contributed by atoms with Crippen LogP contribution in [-0.2, 0) is 4.79 Å². The second-order valence-corrected chi connectivity index (χ2v) is 5.76. The number of hydrogen-bond acceptors (Lipinski definition) is 4. The number of nitriles is 1. The van der Waals surface area contributed by atoms with Crippen molar-refractivity contribution < 1.29 is 14.6 Å². The first-order valence-electron chi connectivity index (χ1n) is 7.89. The van der Waals surface area contributed by atoms with Gasteiger partial charge in [0, 0.05) is 6.54 Å². The number of carbonyl (C=O) groups is 1. The first kappa shape index (κ1) is 15.9. The number of phenolic OH excluding ortho intramolecular Hbond substituents is 1. The van der Waals surface area contributed by atoms with Crippen LogP contribution in [0.3, 0.4) is 0 Å². The van der Waals surface area contributed by atoms with Gasteiger partial charge in [0.25, 0.3) is 5.91 Å². The Labute approximate surface area is 140 Å². The molecule has 1 fully saturated rings. The van der Waals surface area contributed by atoms with E-state index in [1.54, 1.807) is 36.4 Å². The summed E-state index contributed by atoms with van der Waals surface area (Å²) < 4.78 is 5.54. The molecule has 0 spiro atoms. The summed E-state index contributed by atoms with van der Waals surface area (Å²) in [4.78, 5) is 14.3. The lowest BCUT2D eigenvalue weighted by Gasteiger charge is -2.25. The third-order valence-corrected chi connectivity index (χ3v) is 4.20. The molecular weight excluding hydrogens is 304 g/mol. The van der Waals surface area contributed by atoms with Crippen LogP contribution in [0.2, 0.25) is 0 Å². The van der Waals surface area contributed by atoms with Gasteiger partial charge in [-0.25, -0.2) is 0 Å². The number of phenols is 1. The molecule has 2 aromatic rings. The highest BCUT2D eigenvalue weighted by Gasteiger charge is 2.30. The minimum Gasteiger partial charge on any atom is -0.508 e. The van der Waals surface area contributed by atoms with Crippen molar-refractivity contribution in [2.75, 3.05) is 13.2 Å². The van der Waals surface area contributed by atoms with E-state index in [0.29, 0.717) is 17.9 Å². The summed E-state index contributed by atoms with van der Waals surface area (Å²) >= 11 is 0. The molecule has 122 valence electrons. The third-order valence-electron chi connectivity index (χ3n) is 4.20. The normalized spacial score (nSPS) is 16.6. The van der Waals surface area contributed by atoms with Gasteiger partial charge in [-0.05, 0) is 54.8 Å². The number of rotatable bonds is 4. The van der Waals surface area contributed by atoms with Crippen molar-refractivity contribution in [2.45, 2.75) is 18.9 Å². The first-order chi connectivity index (χ1) is 11.7. The van der Waals surface area contributed by atoms with Crippen LogP contribution in [0.25, 0.3) is 0 Å². The van der Waals surface area contributed by atoms with Gasteiger partial charge in [-0.15, -0.1) is 0 Å². The van der Waals surface area contributed by atoms with Crippen LogP contribution in [0.4, 0.5) is 0 Å². The van der Waals surface area contributed by atoms with Crippen LogP contribution in [-0.4, -0.2) is 29.1 Å². The predicted octanol–water partition coefficient (Wildman–Crippen LogP) is 3.01. The Balaban J connectivity index is 1.63. The van der Waals surface area contributed by atoms with Crippen LogP contribution < -0.4 is 4.74 Å². The van der Waals surface area contributed by atoms with Crippen molar-refractivity contribution in [2.24, 2.45) is 0 Å². The molecule has 1 saturated heterocycles. The van der Waals surface area contributed by atoms with Crippen molar-refractivity contribution in [3.63, 3.8) is 0 Å². The van der Waals surface area contributed by atoms with Gasteiger partial charge < -0.3 is 14.7 Å². The lowest BCUT2D eigenvalue weighted by Crippen LogP contribution is -2.34. The smallest absolute Gasteiger partial charge is 0.261 e.